The summed E-state index contributed by atoms with van der Waals surface area (Å²) in [6, 6.07) is 5.58. The molecule has 222 valence electrons. The standard InChI is InChI=1S/C27H34N4O8S2/c1-4-39-27(35)31-15-14-20-21(16-31)40-25(22(20)24(33)29-26(34)38-3)28-23(32)17-10-12-19(13-11-17)41(36,37)30(2)18-8-6-5-7-9-18/h10-13,18H,4-9,14-16H2,1-3H3,(H,28,32)(H,29,33,34). The first-order valence-corrected chi connectivity index (χ1v) is 15.7. The van der Waals surface area contributed by atoms with Crippen molar-refractivity contribution in [3.05, 3.63) is 45.8 Å². The van der Waals surface area contributed by atoms with Gasteiger partial charge < -0.3 is 19.7 Å². The van der Waals surface area contributed by atoms with Gasteiger partial charge in [0.05, 0.1) is 30.7 Å². The van der Waals surface area contributed by atoms with Crippen LogP contribution in [0.15, 0.2) is 29.2 Å². The Morgan fingerprint density at radius 2 is 1.76 bits per heavy atom. The monoisotopic (exact) mass is 606 g/mol. The van der Waals surface area contributed by atoms with Gasteiger partial charge in [0.1, 0.15) is 5.00 Å². The zero-order chi connectivity index (χ0) is 29.7. The molecule has 12 nitrogen and oxygen atoms in total. The number of rotatable bonds is 7. The van der Waals surface area contributed by atoms with Crippen molar-refractivity contribution in [1.29, 1.82) is 0 Å². The van der Waals surface area contributed by atoms with Crippen LogP contribution in [0, 0.1) is 0 Å². The summed E-state index contributed by atoms with van der Waals surface area (Å²) in [7, 11) is -1.01. The number of anilines is 1. The van der Waals surface area contributed by atoms with Crippen LogP contribution in [0.25, 0.3) is 0 Å². The average molecular weight is 607 g/mol. The van der Waals surface area contributed by atoms with Crippen molar-refractivity contribution in [2.24, 2.45) is 0 Å². The van der Waals surface area contributed by atoms with Crippen LogP contribution in [0.4, 0.5) is 14.6 Å². The van der Waals surface area contributed by atoms with Crippen LogP contribution in [-0.2, 0) is 32.5 Å². The van der Waals surface area contributed by atoms with Crippen molar-refractivity contribution >= 4 is 50.4 Å². The number of carbonyl (C=O) groups excluding carboxylic acids is 4. The maximum absolute atomic E-state index is 13.2. The van der Waals surface area contributed by atoms with E-state index in [4.69, 9.17) is 4.74 Å². The highest BCUT2D eigenvalue weighted by molar-refractivity contribution is 7.89. The second kappa shape index (κ2) is 13.0. The largest absolute Gasteiger partial charge is 0.453 e. The van der Waals surface area contributed by atoms with E-state index in [0.29, 0.717) is 23.4 Å². The zero-order valence-corrected chi connectivity index (χ0v) is 24.9. The summed E-state index contributed by atoms with van der Waals surface area (Å²) < 4.78 is 37.4. The normalized spacial score (nSPS) is 15.7. The van der Waals surface area contributed by atoms with Gasteiger partial charge in [-0.1, -0.05) is 19.3 Å². The Balaban J connectivity index is 1.56. The first kappa shape index (κ1) is 30.5. The van der Waals surface area contributed by atoms with Crippen molar-refractivity contribution in [2.45, 2.75) is 62.9 Å². The van der Waals surface area contributed by atoms with Crippen LogP contribution in [0.1, 0.15) is 70.2 Å². The van der Waals surface area contributed by atoms with E-state index in [9.17, 15) is 27.6 Å². The molecule has 2 aromatic rings. The van der Waals surface area contributed by atoms with Gasteiger partial charge in [-0.2, -0.15) is 4.31 Å². The second-order valence-corrected chi connectivity index (χ2v) is 12.9. The summed E-state index contributed by atoms with van der Waals surface area (Å²) in [6.07, 6.45) is 3.62. The number of amides is 4. The molecule has 0 atom stereocenters. The number of alkyl carbamates (subject to hydrolysis) is 1. The van der Waals surface area contributed by atoms with Gasteiger partial charge in [-0.05, 0) is 56.0 Å². The van der Waals surface area contributed by atoms with Crippen molar-refractivity contribution in [3.63, 3.8) is 0 Å². The summed E-state index contributed by atoms with van der Waals surface area (Å²) in [4.78, 5) is 52.5. The molecule has 1 fully saturated rings. The quantitative estimate of drug-likeness (QED) is 0.481. The van der Waals surface area contributed by atoms with Crippen LogP contribution in [0.5, 0.6) is 0 Å². The Bertz CT molecular complexity index is 1420. The minimum absolute atomic E-state index is 0.0455. The highest BCUT2D eigenvalue weighted by Gasteiger charge is 2.32. The van der Waals surface area contributed by atoms with Gasteiger partial charge in [-0.15, -0.1) is 11.3 Å². The lowest BCUT2D eigenvalue weighted by Gasteiger charge is -2.30. The summed E-state index contributed by atoms with van der Waals surface area (Å²) >= 11 is 1.12. The fourth-order valence-electron chi connectivity index (χ4n) is 5.07. The first-order chi connectivity index (χ1) is 19.6. The number of thiophene rings is 1. The molecular formula is C27H34N4O8S2. The van der Waals surface area contributed by atoms with Gasteiger partial charge in [0.25, 0.3) is 11.8 Å². The lowest BCUT2D eigenvalue weighted by atomic mass is 9.96. The number of hydrogen-bond donors (Lipinski definition) is 2. The average Bonchev–Trinajstić information content (AvgIpc) is 3.34. The predicted octanol–water partition coefficient (Wildman–Crippen LogP) is 3.96. The first-order valence-electron chi connectivity index (χ1n) is 13.4. The van der Waals surface area contributed by atoms with Crippen molar-refractivity contribution < 1.29 is 37.1 Å². The highest BCUT2D eigenvalue weighted by Crippen LogP contribution is 2.38. The summed E-state index contributed by atoms with van der Waals surface area (Å²) in [6.45, 7) is 2.39. The molecular weight excluding hydrogens is 572 g/mol. The fourth-order valence-corrected chi connectivity index (χ4v) is 7.74. The Labute approximate surface area is 243 Å². The number of nitrogens with zero attached hydrogens (tertiary/aromatic N) is 2. The molecule has 1 saturated carbocycles. The number of ether oxygens (including phenoxy) is 2. The van der Waals surface area contributed by atoms with Crippen LogP contribution < -0.4 is 10.6 Å². The molecule has 1 aromatic carbocycles. The van der Waals surface area contributed by atoms with Crippen molar-refractivity contribution in [1.82, 2.24) is 14.5 Å². The van der Waals surface area contributed by atoms with Gasteiger partial charge >= 0.3 is 12.2 Å². The number of methoxy groups -OCH3 is 1. The van der Waals surface area contributed by atoms with E-state index in [1.165, 1.54) is 33.5 Å². The van der Waals surface area contributed by atoms with Gasteiger partial charge in [-0.3, -0.25) is 14.9 Å². The molecule has 2 aliphatic rings. The highest BCUT2D eigenvalue weighted by atomic mass is 32.2. The smallest absolute Gasteiger partial charge is 0.413 e. The third-order valence-corrected chi connectivity index (χ3v) is 10.4. The van der Waals surface area contributed by atoms with E-state index >= 15 is 0 Å². The molecule has 0 saturated heterocycles. The molecule has 2 heterocycles. The number of benzene rings is 1. The van der Waals surface area contributed by atoms with E-state index in [1.54, 1.807) is 14.0 Å². The molecule has 0 unspecified atom stereocenters. The molecule has 1 aromatic heterocycles. The Kier molecular flexibility index (Phi) is 9.66. The third kappa shape index (κ3) is 6.71. The van der Waals surface area contributed by atoms with Crippen molar-refractivity contribution in [3.8, 4) is 0 Å². The Morgan fingerprint density at radius 3 is 2.39 bits per heavy atom. The molecule has 1 aliphatic heterocycles. The summed E-state index contributed by atoms with van der Waals surface area (Å²) in [5.74, 6) is -1.32. The summed E-state index contributed by atoms with van der Waals surface area (Å²) in [5, 5.41) is 5.06. The molecule has 1 aliphatic carbocycles. The number of fused-ring (bicyclic) bond motifs is 1. The van der Waals surface area contributed by atoms with Crippen LogP contribution in [-0.4, -0.2) is 75.0 Å². The fraction of sp³-hybridized carbons (Fsp3) is 0.481. The van der Waals surface area contributed by atoms with E-state index < -0.39 is 34.0 Å². The number of nitrogens with one attached hydrogen (secondary N) is 2. The third-order valence-electron chi connectivity index (χ3n) is 7.32. The minimum atomic E-state index is -3.73. The maximum atomic E-state index is 13.2. The molecule has 0 spiro atoms. The number of imide groups is 1. The van der Waals surface area contributed by atoms with Crippen LogP contribution in [0.2, 0.25) is 0 Å². The summed E-state index contributed by atoms with van der Waals surface area (Å²) in [5.41, 5.74) is 0.906. The zero-order valence-electron chi connectivity index (χ0n) is 23.2. The number of carbonyl (C=O) groups is 4. The topological polar surface area (TPSA) is 151 Å². The molecule has 0 bridgehead atoms. The molecule has 4 amide bonds. The number of sulfonamides is 1. The van der Waals surface area contributed by atoms with E-state index in [1.807, 2.05) is 0 Å². The molecule has 2 N–H and O–H groups in total. The number of hydrogen-bond acceptors (Lipinski definition) is 9. The van der Waals surface area contributed by atoms with Gasteiger partial charge in [0.15, 0.2) is 0 Å². The van der Waals surface area contributed by atoms with E-state index in [-0.39, 0.29) is 40.2 Å². The molecule has 4 rings (SSSR count). The van der Waals surface area contributed by atoms with E-state index in [2.05, 4.69) is 15.4 Å². The lowest BCUT2D eigenvalue weighted by Crippen LogP contribution is -2.38. The van der Waals surface area contributed by atoms with Crippen LogP contribution >= 0.6 is 11.3 Å². The molecule has 14 heteroatoms. The van der Waals surface area contributed by atoms with Crippen molar-refractivity contribution in [2.75, 3.05) is 32.6 Å². The SMILES string of the molecule is CCOC(=O)N1CCc2c(sc(NC(=O)c3ccc(S(=O)(=O)N(C)C4CCCCC4)cc3)c2C(=O)NC(=O)OC)C1. The van der Waals surface area contributed by atoms with Gasteiger partial charge in [-0.25, -0.2) is 18.0 Å². The Morgan fingerprint density at radius 1 is 1.07 bits per heavy atom. The van der Waals surface area contributed by atoms with Crippen LogP contribution in [0.3, 0.4) is 0 Å². The second-order valence-electron chi connectivity index (χ2n) is 9.82. The van der Waals surface area contributed by atoms with Gasteiger partial charge in [0.2, 0.25) is 10.0 Å². The maximum Gasteiger partial charge on any atom is 0.413 e. The molecule has 0 radical (unpaired) electrons. The lowest BCUT2D eigenvalue weighted by molar-refractivity contribution is 0.0936. The van der Waals surface area contributed by atoms with Gasteiger partial charge in [0, 0.05) is 30.1 Å². The molecule has 41 heavy (non-hydrogen) atoms. The minimum Gasteiger partial charge on any atom is -0.453 e. The van der Waals surface area contributed by atoms with E-state index in [0.717, 1.165) is 50.6 Å². The predicted molar refractivity (Wildman–Crippen MR) is 152 cm³/mol. The Hall–Kier alpha value is -3.49.